The predicted octanol–water partition coefficient (Wildman–Crippen LogP) is 4.92. The molecule has 0 aliphatic heterocycles. The van der Waals surface area contributed by atoms with E-state index in [0.29, 0.717) is 34.9 Å². The van der Waals surface area contributed by atoms with E-state index in [-0.39, 0.29) is 24.1 Å². The lowest BCUT2D eigenvalue weighted by atomic mass is 10.1. The molecule has 2 N–H and O–H groups in total. The molecule has 0 atom stereocenters. The van der Waals surface area contributed by atoms with Gasteiger partial charge in [0.2, 0.25) is 11.8 Å². The van der Waals surface area contributed by atoms with Gasteiger partial charge in [0.1, 0.15) is 17.3 Å². The van der Waals surface area contributed by atoms with Crippen LogP contribution in [-0.4, -0.2) is 11.8 Å². The number of rotatable bonds is 6. The van der Waals surface area contributed by atoms with Crippen molar-refractivity contribution in [3.8, 4) is 11.3 Å². The number of benzene rings is 2. The van der Waals surface area contributed by atoms with E-state index >= 15 is 0 Å². The van der Waals surface area contributed by atoms with Crippen LogP contribution in [-0.2, 0) is 16.0 Å². The number of halogens is 1. The second-order valence-corrected chi connectivity index (χ2v) is 6.45. The van der Waals surface area contributed by atoms with Crippen molar-refractivity contribution in [3.05, 3.63) is 71.7 Å². The molecule has 0 saturated carbocycles. The summed E-state index contributed by atoms with van der Waals surface area (Å²) in [7, 11) is 0. The van der Waals surface area contributed by atoms with Crippen LogP contribution >= 0.6 is 0 Å². The molecule has 0 aliphatic carbocycles. The molecule has 1 aromatic heterocycles. The van der Waals surface area contributed by atoms with Gasteiger partial charge in [-0.3, -0.25) is 9.59 Å². The third-order valence-corrected chi connectivity index (χ3v) is 4.32. The maximum atomic E-state index is 13.8. The topological polar surface area (TPSA) is 71.3 Å². The van der Waals surface area contributed by atoms with Gasteiger partial charge in [-0.05, 0) is 48.9 Å². The van der Waals surface area contributed by atoms with Crippen LogP contribution in [0.25, 0.3) is 11.3 Å². The van der Waals surface area contributed by atoms with Gasteiger partial charge in [0, 0.05) is 31.1 Å². The van der Waals surface area contributed by atoms with E-state index in [1.54, 1.807) is 48.5 Å². The normalized spacial score (nSPS) is 10.5. The van der Waals surface area contributed by atoms with Crippen LogP contribution in [0, 0.1) is 12.7 Å². The quantitative estimate of drug-likeness (QED) is 0.637. The van der Waals surface area contributed by atoms with E-state index in [1.165, 1.54) is 13.0 Å². The molecule has 144 valence electrons. The fourth-order valence-electron chi connectivity index (χ4n) is 2.86. The van der Waals surface area contributed by atoms with Crippen LogP contribution in [0.15, 0.2) is 59.0 Å². The molecule has 0 radical (unpaired) electrons. The van der Waals surface area contributed by atoms with Gasteiger partial charge in [-0.15, -0.1) is 0 Å². The minimum Gasteiger partial charge on any atom is -0.461 e. The third kappa shape index (κ3) is 4.65. The van der Waals surface area contributed by atoms with Gasteiger partial charge in [0.25, 0.3) is 0 Å². The Labute approximate surface area is 162 Å². The van der Waals surface area contributed by atoms with Gasteiger partial charge in [-0.1, -0.05) is 18.2 Å². The largest absolute Gasteiger partial charge is 0.461 e. The Morgan fingerprint density at radius 1 is 0.964 bits per heavy atom. The predicted molar refractivity (Wildman–Crippen MR) is 107 cm³/mol. The molecule has 0 saturated heterocycles. The van der Waals surface area contributed by atoms with Crippen molar-refractivity contribution in [2.75, 3.05) is 10.6 Å². The first-order chi connectivity index (χ1) is 13.4. The van der Waals surface area contributed by atoms with Crippen molar-refractivity contribution < 1.29 is 18.4 Å². The van der Waals surface area contributed by atoms with Crippen molar-refractivity contribution in [1.82, 2.24) is 0 Å². The molecule has 0 spiro atoms. The molecular weight excluding hydrogens is 359 g/mol. The van der Waals surface area contributed by atoms with Gasteiger partial charge in [-0.2, -0.15) is 0 Å². The van der Waals surface area contributed by atoms with E-state index in [0.717, 1.165) is 5.56 Å². The molecular formula is C22H21FN2O3. The fourth-order valence-corrected chi connectivity index (χ4v) is 2.86. The van der Waals surface area contributed by atoms with Gasteiger partial charge in [-0.25, -0.2) is 4.39 Å². The first-order valence-electron chi connectivity index (χ1n) is 8.94. The van der Waals surface area contributed by atoms with Gasteiger partial charge in [0.05, 0.1) is 5.56 Å². The summed E-state index contributed by atoms with van der Waals surface area (Å²) in [6, 6.07) is 15.2. The van der Waals surface area contributed by atoms with E-state index in [9.17, 15) is 14.0 Å². The van der Waals surface area contributed by atoms with Crippen LogP contribution in [0.2, 0.25) is 0 Å². The molecule has 0 fully saturated rings. The van der Waals surface area contributed by atoms with Crippen molar-refractivity contribution in [2.45, 2.75) is 26.7 Å². The van der Waals surface area contributed by atoms with Crippen LogP contribution in [0.3, 0.4) is 0 Å². The first kappa shape index (κ1) is 19.4. The molecule has 3 aromatic rings. The smallest absolute Gasteiger partial charge is 0.224 e. The Bertz CT molecular complexity index is 1010. The fraction of sp³-hybridized carbons (Fsp3) is 0.182. The van der Waals surface area contributed by atoms with E-state index in [4.69, 9.17) is 4.42 Å². The Kier molecular flexibility index (Phi) is 5.89. The summed E-state index contributed by atoms with van der Waals surface area (Å²) in [6.45, 7) is 3.26. The van der Waals surface area contributed by atoms with Crippen LogP contribution < -0.4 is 10.6 Å². The van der Waals surface area contributed by atoms with E-state index < -0.39 is 0 Å². The van der Waals surface area contributed by atoms with Crippen LogP contribution in [0.5, 0.6) is 0 Å². The van der Waals surface area contributed by atoms with Crippen molar-refractivity contribution in [2.24, 2.45) is 0 Å². The minimum atomic E-state index is -0.351. The number of anilines is 2. The van der Waals surface area contributed by atoms with E-state index in [2.05, 4.69) is 10.6 Å². The summed E-state index contributed by atoms with van der Waals surface area (Å²) >= 11 is 0. The number of carbonyl (C=O) groups is 2. The second-order valence-electron chi connectivity index (χ2n) is 6.45. The summed E-state index contributed by atoms with van der Waals surface area (Å²) in [4.78, 5) is 23.6. The van der Waals surface area contributed by atoms with Crippen LogP contribution in [0.4, 0.5) is 15.8 Å². The molecule has 6 heteroatoms. The van der Waals surface area contributed by atoms with Gasteiger partial charge < -0.3 is 15.1 Å². The van der Waals surface area contributed by atoms with E-state index in [1.807, 2.05) is 6.92 Å². The maximum Gasteiger partial charge on any atom is 0.224 e. The highest BCUT2D eigenvalue weighted by Crippen LogP contribution is 2.26. The molecule has 0 unspecified atom stereocenters. The summed E-state index contributed by atoms with van der Waals surface area (Å²) < 4.78 is 19.5. The second kappa shape index (κ2) is 8.52. The third-order valence-electron chi connectivity index (χ3n) is 4.32. The summed E-state index contributed by atoms with van der Waals surface area (Å²) in [5, 5.41) is 5.58. The average molecular weight is 380 g/mol. The number of aryl methyl sites for hydroxylation is 1. The summed E-state index contributed by atoms with van der Waals surface area (Å²) in [5.41, 5.74) is 2.48. The summed E-state index contributed by atoms with van der Waals surface area (Å²) in [6.07, 6.45) is 0.610. The Hall–Kier alpha value is -3.41. The molecule has 0 bridgehead atoms. The van der Waals surface area contributed by atoms with Crippen molar-refractivity contribution in [1.29, 1.82) is 0 Å². The molecule has 0 aliphatic rings. The number of nitrogens with one attached hydrogen (secondary N) is 2. The number of furan rings is 1. The zero-order chi connectivity index (χ0) is 20.1. The highest BCUT2D eigenvalue weighted by Gasteiger charge is 2.12. The number of hydrogen-bond donors (Lipinski definition) is 2. The Balaban J connectivity index is 1.61. The van der Waals surface area contributed by atoms with Crippen molar-refractivity contribution >= 4 is 23.2 Å². The molecule has 5 nitrogen and oxygen atoms in total. The Morgan fingerprint density at radius 2 is 1.68 bits per heavy atom. The van der Waals surface area contributed by atoms with Gasteiger partial charge >= 0.3 is 0 Å². The molecule has 3 rings (SSSR count). The monoisotopic (exact) mass is 380 g/mol. The van der Waals surface area contributed by atoms with Gasteiger partial charge in [0.15, 0.2) is 0 Å². The first-order valence-corrected chi connectivity index (χ1v) is 8.94. The maximum absolute atomic E-state index is 13.8. The number of carbonyl (C=O) groups excluding carboxylic acids is 2. The standard InChI is InChI=1S/C22H21FN2O3/c1-14-19(24-15(2)26)8-5-9-20(14)25-22(27)13-11-16-10-12-21(28-16)17-6-3-4-7-18(17)23/h3-10,12H,11,13H2,1-2H3,(H,24,26)(H,25,27). The number of hydrogen-bond acceptors (Lipinski definition) is 3. The van der Waals surface area contributed by atoms with Crippen molar-refractivity contribution in [3.63, 3.8) is 0 Å². The zero-order valence-electron chi connectivity index (χ0n) is 15.7. The molecule has 1 heterocycles. The highest BCUT2D eigenvalue weighted by molar-refractivity contribution is 5.95. The lowest BCUT2D eigenvalue weighted by molar-refractivity contribution is -0.116. The van der Waals surface area contributed by atoms with Crippen LogP contribution in [0.1, 0.15) is 24.7 Å². The SMILES string of the molecule is CC(=O)Nc1cccc(NC(=O)CCc2ccc(-c3ccccc3F)o2)c1C. The lowest BCUT2D eigenvalue weighted by Gasteiger charge is -2.12. The average Bonchev–Trinajstić information content (AvgIpc) is 3.12. The highest BCUT2D eigenvalue weighted by atomic mass is 19.1. The Morgan fingerprint density at radius 3 is 2.39 bits per heavy atom. The zero-order valence-corrected chi connectivity index (χ0v) is 15.7. The molecule has 2 aromatic carbocycles. The lowest BCUT2D eigenvalue weighted by Crippen LogP contribution is -2.14. The minimum absolute atomic E-state index is 0.171. The number of amides is 2. The summed E-state index contributed by atoms with van der Waals surface area (Å²) in [5.74, 6) is 0.349. The molecule has 2 amide bonds. The molecule has 28 heavy (non-hydrogen) atoms.